The summed E-state index contributed by atoms with van der Waals surface area (Å²) >= 11 is 1.55. The molecule has 0 fully saturated rings. The smallest absolute Gasteiger partial charge is 0.250 e. The molecule has 1 heterocycles. The van der Waals surface area contributed by atoms with Gasteiger partial charge in [0.25, 0.3) is 0 Å². The summed E-state index contributed by atoms with van der Waals surface area (Å²) in [4.78, 5) is 15.5. The fraction of sp³-hybridized carbons (Fsp3) is 0.556. The van der Waals surface area contributed by atoms with Crippen molar-refractivity contribution >= 4 is 17.2 Å². The lowest BCUT2D eigenvalue weighted by molar-refractivity contribution is -0.130. The van der Waals surface area contributed by atoms with Crippen LogP contribution in [0.25, 0.3) is 0 Å². The number of carbonyl (C=O) groups excluding carboxylic acids is 1. The summed E-state index contributed by atoms with van der Waals surface area (Å²) < 4.78 is 4.90. The highest BCUT2D eigenvalue weighted by Gasteiger charge is 2.14. The van der Waals surface area contributed by atoms with Crippen molar-refractivity contribution in [3.05, 3.63) is 16.6 Å². The zero-order chi connectivity index (χ0) is 11.1. The Kier molecular flexibility index (Phi) is 5.23. The number of thiazole rings is 1. The van der Waals surface area contributed by atoms with E-state index in [1.807, 2.05) is 5.38 Å². The molecule has 1 aromatic heterocycles. The van der Waals surface area contributed by atoms with Crippen LogP contribution in [0.2, 0.25) is 0 Å². The molecule has 5 nitrogen and oxygen atoms in total. The molecule has 0 spiro atoms. The van der Waals surface area contributed by atoms with E-state index in [1.165, 1.54) is 7.11 Å². The zero-order valence-electron chi connectivity index (χ0n) is 8.60. The van der Waals surface area contributed by atoms with Crippen LogP contribution in [0.3, 0.4) is 0 Å². The first kappa shape index (κ1) is 12.1. The molecule has 3 N–H and O–H groups in total. The molecule has 0 saturated heterocycles. The van der Waals surface area contributed by atoms with Gasteiger partial charge in [-0.2, -0.15) is 0 Å². The fourth-order valence-corrected chi connectivity index (χ4v) is 1.69. The predicted molar refractivity (Wildman–Crippen MR) is 58.7 cm³/mol. The molecule has 0 bridgehead atoms. The second kappa shape index (κ2) is 6.49. The van der Waals surface area contributed by atoms with Gasteiger partial charge in [0.05, 0.1) is 11.2 Å². The molecule has 84 valence electrons. The minimum atomic E-state index is -0.555. The number of hydrogen-bond donors (Lipinski definition) is 2. The lowest BCUT2D eigenvalue weighted by Gasteiger charge is -2.12. The van der Waals surface area contributed by atoms with Crippen LogP contribution < -0.4 is 11.1 Å². The third-order valence-electron chi connectivity index (χ3n) is 1.95. The summed E-state index contributed by atoms with van der Waals surface area (Å²) in [6, 6.07) is 0. The maximum atomic E-state index is 11.4. The Hall–Kier alpha value is -0.980. The van der Waals surface area contributed by atoms with E-state index in [4.69, 9.17) is 10.5 Å². The number of methoxy groups -OCH3 is 1. The van der Waals surface area contributed by atoms with E-state index < -0.39 is 6.10 Å². The first-order chi connectivity index (χ1) is 7.27. The molecule has 0 saturated carbocycles. The van der Waals surface area contributed by atoms with Gasteiger partial charge in [-0.05, 0) is 0 Å². The average molecular weight is 229 g/mol. The molecule has 1 rings (SSSR count). The van der Waals surface area contributed by atoms with Gasteiger partial charge >= 0.3 is 0 Å². The minimum Gasteiger partial charge on any atom is -0.370 e. The summed E-state index contributed by atoms with van der Waals surface area (Å²) in [5.41, 5.74) is 8.11. The van der Waals surface area contributed by atoms with E-state index >= 15 is 0 Å². The summed E-state index contributed by atoms with van der Waals surface area (Å²) in [5.74, 6) is -0.171. The van der Waals surface area contributed by atoms with Crippen LogP contribution in [-0.2, 0) is 16.0 Å². The Labute approximate surface area is 92.6 Å². The van der Waals surface area contributed by atoms with Gasteiger partial charge in [0.15, 0.2) is 0 Å². The maximum Gasteiger partial charge on any atom is 0.250 e. The second-order valence-corrected chi connectivity index (χ2v) is 3.70. The third kappa shape index (κ3) is 3.94. The summed E-state index contributed by atoms with van der Waals surface area (Å²) in [7, 11) is 1.47. The van der Waals surface area contributed by atoms with Gasteiger partial charge in [-0.15, -0.1) is 11.3 Å². The Bertz CT molecular complexity index is 286. The molecule has 0 radical (unpaired) electrons. The lowest BCUT2D eigenvalue weighted by Crippen LogP contribution is -2.41. The van der Waals surface area contributed by atoms with E-state index in [2.05, 4.69) is 10.3 Å². The first-order valence-corrected chi connectivity index (χ1v) is 5.60. The quantitative estimate of drug-likeness (QED) is 0.706. The van der Waals surface area contributed by atoms with Crippen molar-refractivity contribution in [3.8, 4) is 0 Å². The van der Waals surface area contributed by atoms with Crippen LogP contribution in [0.15, 0.2) is 10.9 Å². The Balaban J connectivity index is 2.22. The van der Waals surface area contributed by atoms with E-state index in [0.29, 0.717) is 6.54 Å². The molecule has 0 aliphatic heterocycles. The molecule has 6 heteroatoms. The van der Waals surface area contributed by atoms with Crippen LogP contribution >= 0.6 is 11.3 Å². The number of nitrogens with zero attached hydrogens (tertiary/aromatic N) is 1. The summed E-state index contributed by atoms with van der Waals surface area (Å²) in [5, 5.41) is 4.70. The number of amides is 1. The van der Waals surface area contributed by atoms with Crippen molar-refractivity contribution in [2.45, 2.75) is 12.5 Å². The third-order valence-corrected chi connectivity index (χ3v) is 2.59. The van der Waals surface area contributed by atoms with Gasteiger partial charge in [-0.25, -0.2) is 4.98 Å². The normalized spacial score (nSPS) is 12.4. The molecule has 1 atom stereocenters. The molecule has 0 aliphatic rings. The van der Waals surface area contributed by atoms with E-state index in [1.54, 1.807) is 16.8 Å². The predicted octanol–water partition coefficient (Wildman–Crippen LogP) is -0.224. The summed E-state index contributed by atoms with van der Waals surface area (Å²) in [6.07, 6.45) is 0.177. The SMILES string of the molecule is COC(CN)C(=O)NCCc1cscn1. The van der Waals surface area contributed by atoms with E-state index in [9.17, 15) is 4.79 Å². The molecular weight excluding hydrogens is 214 g/mol. The number of rotatable bonds is 6. The molecule has 1 amide bonds. The zero-order valence-corrected chi connectivity index (χ0v) is 9.42. The van der Waals surface area contributed by atoms with Crippen LogP contribution in [-0.4, -0.2) is 37.2 Å². The molecule has 15 heavy (non-hydrogen) atoms. The molecule has 0 aliphatic carbocycles. The Morgan fingerprint density at radius 1 is 1.80 bits per heavy atom. The van der Waals surface area contributed by atoms with E-state index in [0.717, 1.165) is 12.1 Å². The van der Waals surface area contributed by atoms with Crippen LogP contribution in [0, 0.1) is 0 Å². The van der Waals surface area contributed by atoms with Crippen molar-refractivity contribution in [3.63, 3.8) is 0 Å². The monoisotopic (exact) mass is 229 g/mol. The topological polar surface area (TPSA) is 77.2 Å². The van der Waals surface area contributed by atoms with Crippen LogP contribution in [0.4, 0.5) is 0 Å². The van der Waals surface area contributed by atoms with Crippen LogP contribution in [0.1, 0.15) is 5.69 Å². The summed E-state index contributed by atoms with van der Waals surface area (Å²) in [6.45, 7) is 0.751. The van der Waals surface area contributed by atoms with E-state index in [-0.39, 0.29) is 12.5 Å². The van der Waals surface area contributed by atoms with Gasteiger partial charge in [-0.3, -0.25) is 4.79 Å². The number of aromatic nitrogens is 1. The molecule has 0 aromatic carbocycles. The van der Waals surface area contributed by atoms with Crippen molar-refractivity contribution in [2.24, 2.45) is 5.73 Å². The van der Waals surface area contributed by atoms with Crippen molar-refractivity contribution < 1.29 is 9.53 Å². The standard InChI is InChI=1S/C9H15N3O2S/c1-14-8(4-10)9(13)11-3-2-7-5-15-6-12-7/h5-6,8H,2-4,10H2,1H3,(H,11,13). The minimum absolute atomic E-state index is 0.171. The highest BCUT2D eigenvalue weighted by Crippen LogP contribution is 2.00. The van der Waals surface area contributed by atoms with Crippen molar-refractivity contribution in [2.75, 3.05) is 20.2 Å². The number of nitrogens with one attached hydrogen (secondary N) is 1. The van der Waals surface area contributed by atoms with Crippen molar-refractivity contribution in [1.82, 2.24) is 10.3 Å². The Morgan fingerprint density at radius 2 is 2.60 bits per heavy atom. The fourth-order valence-electron chi connectivity index (χ4n) is 1.10. The molecule has 1 aromatic rings. The van der Waals surface area contributed by atoms with Gasteiger partial charge in [0.1, 0.15) is 6.10 Å². The van der Waals surface area contributed by atoms with Gasteiger partial charge in [0, 0.05) is 32.0 Å². The van der Waals surface area contributed by atoms with Gasteiger partial charge < -0.3 is 15.8 Å². The van der Waals surface area contributed by atoms with Gasteiger partial charge in [-0.1, -0.05) is 0 Å². The van der Waals surface area contributed by atoms with Gasteiger partial charge in [0.2, 0.25) is 5.91 Å². The number of hydrogen-bond acceptors (Lipinski definition) is 5. The Morgan fingerprint density at radius 3 is 3.13 bits per heavy atom. The number of ether oxygens (including phenoxy) is 1. The van der Waals surface area contributed by atoms with Crippen molar-refractivity contribution in [1.29, 1.82) is 0 Å². The lowest BCUT2D eigenvalue weighted by atomic mass is 10.3. The highest BCUT2D eigenvalue weighted by molar-refractivity contribution is 7.07. The first-order valence-electron chi connectivity index (χ1n) is 4.65. The highest BCUT2D eigenvalue weighted by atomic mass is 32.1. The average Bonchev–Trinajstić information content (AvgIpc) is 2.72. The molecule has 1 unspecified atom stereocenters. The maximum absolute atomic E-state index is 11.4. The number of nitrogens with two attached hydrogens (primary N) is 1. The number of carbonyl (C=O) groups is 1. The largest absolute Gasteiger partial charge is 0.370 e. The molecular formula is C9H15N3O2S. The van der Waals surface area contributed by atoms with Crippen LogP contribution in [0.5, 0.6) is 0 Å². The second-order valence-electron chi connectivity index (χ2n) is 2.98.